The molecule has 0 radical (unpaired) electrons. The van der Waals surface area contributed by atoms with E-state index in [2.05, 4.69) is 25.2 Å². The molecule has 2 N–H and O–H groups in total. The van der Waals surface area contributed by atoms with Crippen molar-refractivity contribution in [2.24, 2.45) is 17.8 Å². The van der Waals surface area contributed by atoms with Gasteiger partial charge in [-0.25, -0.2) is 0 Å². The van der Waals surface area contributed by atoms with E-state index in [1.165, 1.54) is 12.8 Å². The van der Waals surface area contributed by atoms with Crippen molar-refractivity contribution in [1.29, 1.82) is 0 Å². The number of rotatable bonds is 12. The third-order valence-electron chi connectivity index (χ3n) is 5.57. The predicted molar refractivity (Wildman–Crippen MR) is 99.4 cm³/mol. The Morgan fingerprint density at radius 2 is 2.12 bits per heavy atom. The molecule has 1 heterocycles. The topological polar surface area (TPSA) is 66.8 Å². The monoisotopic (exact) mass is 350 g/mol. The van der Waals surface area contributed by atoms with Crippen LogP contribution in [0, 0.1) is 17.8 Å². The number of hydrogen-bond acceptors (Lipinski definition) is 3. The summed E-state index contributed by atoms with van der Waals surface area (Å²) in [5.74, 6) is 0.865. The van der Waals surface area contributed by atoms with Gasteiger partial charge in [0.1, 0.15) is 0 Å². The summed E-state index contributed by atoms with van der Waals surface area (Å²) in [5, 5.41) is 18.8. The minimum Gasteiger partial charge on any atom is -0.481 e. The first-order valence-electron chi connectivity index (χ1n) is 9.96. The lowest BCUT2D eigenvalue weighted by molar-refractivity contribution is -0.137. The Morgan fingerprint density at radius 3 is 2.88 bits per heavy atom. The zero-order valence-electron chi connectivity index (χ0n) is 15.5. The SMILES string of the molecule is CCCCC[C@H](O)/C=C/[C@H]1[C@H]2CO[C@H](C2)[C@@H]1C/C=C/CCCC(=O)O. The quantitative estimate of drug-likeness (QED) is 0.406. The lowest BCUT2D eigenvalue weighted by atomic mass is 9.85. The molecular formula is C21H34O4. The minimum absolute atomic E-state index is 0.239. The molecule has 2 aliphatic rings. The zero-order chi connectivity index (χ0) is 18.1. The van der Waals surface area contributed by atoms with Gasteiger partial charge >= 0.3 is 5.97 Å². The smallest absolute Gasteiger partial charge is 0.303 e. The standard InChI is InChI=1S/C21H34O4/c1-2-3-6-9-17(22)12-13-18-16-14-20(25-15-16)19(18)10-7-4-5-8-11-21(23)24/h4,7,12-13,16-20,22H,2-3,5-6,8-11,14-15H2,1H3,(H,23,24)/b7-4+,13-12+/t16-,17+,18+,19-,20-/m1/s1. The Morgan fingerprint density at radius 1 is 1.28 bits per heavy atom. The Bertz CT molecular complexity index is 457. The van der Waals surface area contributed by atoms with Gasteiger partial charge in [0.2, 0.25) is 0 Å². The van der Waals surface area contributed by atoms with Crippen molar-refractivity contribution in [3.05, 3.63) is 24.3 Å². The maximum absolute atomic E-state index is 10.5. The second-order valence-electron chi connectivity index (χ2n) is 7.55. The number of carboxylic acids is 1. The molecule has 2 bridgehead atoms. The molecule has 0 aromatic rings. The van der Waals surface area contributed by atoms with Crippen LogP contribution in [0.3, 0.4) is 0 Å². The van der Waals surface area contributed by atoms with Crippen molar-refractivity contribution >= 4 is 5.97 Å². The van der Waals surface area contributed by atoms with Crippen molar-refractivity contribution in [3.63, 3.8) is 0 Å². The third-order valence-corrected chi connectivity index (χ3v) is 5.57. The molecule has 4 nitrogen and oxygen atoms in total. The second kappa shape index (κ2) is 10.8. The van der Waals surface area contributed by atoms with Gasteiger partial charge in [0, 0.05) is 6.42 Å². The summed E-state index contributed by atoms with van der Waals surface area (Å²) in [6, 6.07) is 0. The highest BCUT2D eigenvalue weighted by atomic mass is 16.5. The van der Waals surface area contributed by atoms with Crippen LogP contribution in [-0.2, 0) is 9.53 Å². The van der Waals surface area contributed by atoms with Crippen LogP contribution in [0.2, 0.25) is 0 Å². The molecule has 0 amide bonds. The van der Waals surface area contributed by atoms with Crippen molar-refractivity contribution < 1.29 is 19.7 Å². The Kier molecular flexibility index (Phi) is 8.70. The molecule has 0 aromatic carbocycles. The van der Waals surface area contributed by atoms with E-state index in [4.69, 9.17) is 9.84 Å². The van der Waals surface area contributed by atoms with Crippen molar-refractivity contribution in [1.82, 2.24) is 0 Å². The molecule has 1 saturated carbocycles. The van der Waals surface area contributed by atoms with Gasteiger partial charge in [0.25, 0.3) is 0 Å². The number of hydrogen-bond donors (Lipinski definition) is 2. The fourth-order valence-electron chi connectivity index (χ4n) is 4.15. The molecule has 0 spiro atoms. The molecule has 1 aliphatic heterocycles. The van der Waals surface area contributed by atoms with Crippen LogP contribution in [0.4, 0.5) is 0 Å². The van der Waals surface area contributed by atoms with Gasteiger partial charge in [0.15, 0.2) is 0 Å². The van der Waals surface area contributed by atoms with Crippen LogP contribution >= 0.6 is 0 Å². The molecular weight excluding hydrogens is 316 g/mol. The third kappa shape index (κ3) is 6.59. The maximum Gasteiger partial charge on any atom is 0.303 e. The first-order valence-corrected chi connectivity index (χ1v) is 9.96. The summed E-state index contributed by atoms with van der Waals surface area (Å²) >= 11 is 0. The van der Waals surface area contributed by atoms with Crippen LogP contribution in [0.5, 0.6) is 0 Å². The molecule has 25 heavy (non-hydrogen) atoms. The molecule has 5 atom stereocenters. The Balaban J connectivity index is 1.78. The number of allylic oxidation sites excluding steroid dienone is 3. The summed E-state index contributed by atoms with van der Waals surface area (Å²) < 4.78 is 5.88. The number of carboxylic acid groups (broad SMARTS) is 1. The van der Waals surface area contributed by atoms with Crippen LogP contribution in [0.25, 0.3) is 0 Å². The number of carbonyl (C=O) groups is 1. The molecule has 0 aromatic heterocycles. The largest absolute Gasteiger partial charge is 0.481 e. The van der Waals surface area contributed by atoms with Gasteiger partial charge in [-0.1, -0.05) is 50.5 Å². The Labute approximate surface area is 152 Å². The zero-order valence-corrected chi connectivity index (χ0v) is 15.5. The molecule has 1 saturated heterocycles. The van der Waals surface area contributed by atoms with E-state index in [0.29, 0.717) is 30.3 Å². The van der Waals surface area contributed by atoms with E-state index in [1.54, 1.807) is 0 Å². The lowest BCUT2D eigenvalue weighted by Crippen LogP contribution is -2.27. The highest BCUT2D eigenvalue weighted by molar-refractivity contribution is 5.66. The maximum atomic E-state index is 10.5. The summed E-state index contributed by atoms with van der Waals surface area (Å²) in [5.41, 5.74) is 0. The van der Waals surface area contributed by atoms with Gasteiger partial charge in [-0.2, -0.15) is 0 Å². The average molecular weight is 350 g/mol. The number of unbranched alkanes of at least 4 members (excludes halogenated alkanes) is 3. The number of aliphatic carboxylic acids is 1. The molecule has 142 valence electrons. The van der Waals surface area contributed by atoms with E-state index in [0.717, 1.165) is 38.7 Å². The second-order valence-corrected chi connectivity index (χ2v) is 7.55. The molecule has 1 aliphatic carbocycles. The highest BCUT2D eigenvalue weighted by Crippen LogP contribution is 2.47. The van der Waals surface area contributed by atoms with Crippen LogP contribution < -0.4 is 0 Å². The number of aliphatic hydroxyl groups is 1. The van der Waals surface area contributed by atoms with E-state index >= 15 is 0 Å². The van der Waals surface area contributed by atoms with E-state index in [9.17, 15) is 9.90 Å². The first kappa shape index (κ1) is 20.2. The fourth-order valence-corrected chi connectivity index (χ4v) is 4.15. The summed E-state index contributed by atoms with van der Waals surface area (Å²) in [6.07, 6.45) is 16.8. The molecule has 0 unspecified atom stereocenters. The first-order chi connectivity index (χ1) is 12.1. The van der Waals surface area contributed by atoms with E-state index in [-0.39, 0.29) is 12.5 Å². The van der Waals surface area contributed by atoms with Gasteiger partial charge in [-0.3, -0.25) is 4.79 Å². The van der Waals surface area contributed by atoms with Gasteiger partial charge in [0.05, 0.1) is 18.8 Å². The molecule has 2 rings (SSSR count). The van der Waals surface area contributed by atoms with Crippen LogP contribution in [0.15, 0.2) is 24.3 Å². The van der Waals surface area contributed by atoms with Crippen LogP contribution in [0.1, 0.15) is 64.7 Å². The average Bonchev–Trinajstić information content (AvgIpc) is 3.17. The lowest BCUT2D eigenvalue weighted by Gasteiger charge is -2.28. The fraction of sp³-hybridized carbons (Fsp3) is 0.762. The normalized spacial score (nSPS) is 29.8. The van der Waals surface area contributed by atoms with Crippen molar-refractivity contribution in [2.45, 2.75) is 76.9 Å². The number of aliphatic hydroxyl groups excluding tert-OH is 1. The number of fused-ring (bicyclic) bond motifs is 2. The van der Waals surface area contributed by atoms with Gasteiger partial charge in [-0.05, 0) is 49.9 Å². The van der Waals surface area contributed by atoms with E-state index in [1.807, 2.05) is 6.08 Å². The summed E-state index contributed by atoms with van der Waals surface area (Å²) in [4.78, 5) is 10.5. The van der Waals surface area contributed by atoms with Gasteiger partial charge in [-0.15, -0.1) is 0 Å². The Hall–Kier alpha value is -1.13. The predicted octanol–water partition coefficient (Wildman–Crippen LogP) is 4.34. The van der Waals surface area contributed by atoms with E-state index < -0.39 is 5.97 Å². The van der Waals surface area contributed by atoms with Gasteiger partial charge < -0.3 is 14.9 Å². The summed E-state index contributed by atoms with van der Waals surface area (Å²) in [7, 11) is 0. The molecule has 4 heteroatoms. The van der Waals surface area contributed by atoms with Crippen LogP contribution in [-0.4, -0.2) is 35.0 Å². The van der Waals surface area contributed by atoms with Crippen molar-refractivity contribution in [3.8, 4) is 0 Å². The van der Waals surface area contributed by atoms with Crippen molar-refractivity contribution in [2.75, 3.05) is 6.61 Å². The summed E-state index contributed by atoms with van der Waals surface area (Å²) in [6.45, 7) is 3.03. The highest BCUT2D eigenvalue weighted by Gasteiger charge is 2.46. The molecule has 2 fully saturated rings. The number of ether oxygens (including phenoxy) is 1. The minimum atomic E-state index is -0.724.